The molecule has 2 fully saturated rings. The van der Waals surface area contributed by atoms with Gasteiger partial charge in [-0.05, 0) is 20.3 Å². The van der Waals surface area contributed by atoms with E-state index in [0.29, 0.717) is 39.4 Å². The van der Waals surface area contributed by atoms with Gasteiger partial charge < -0.3 is 14.6 Å². The van der Waals surface area contributed by atoms with Gasteiger partial charge in [0.2, 0.25) is 0 Å². The summed E-state index contributed by atoms with van der Waals surface area (Å²) in [4.78, 5) is 13.7. The third-order valence-corrected chi connectivity index (χ3v) is 3.87. The first kappa shape index (κ1) is 12.8. The van der Waals surface area contributed by atoms with E-state index in [1.807, 2.05) is 0 Å². The van der Waals surface area contributed by atoms with Crippen molar-refractivity contribution in [1.29, 1.82) is 0 Å². The number of rotatable bonds is 3. The number of hydrogen-bond acceptors (Lipinski definition) is 4. The molecule has 1 N–H and O–H groups in total. The van der Waals surface area contributed by atoms with Crippen LogP contribution >= 0.6 is 0 Å². The van der Waals surface area contributed by atoms with E-state index >= 15 is 0 Å². The first-order valence-corrected chi connectivity index (χ1v) is 6.10. The minimum atomic E-state index is -0.739. The standard InChI is InChI=1S/C12H21NO4/c1-11(2)8-17-6-4-13(11)7-12(10(14)15)3-5-16-9-12/h3-9H2,1-2H3,(H,14,15). The van der Waals surface area contributed by atoms with Crippen LogP contribution in [0.2, 0.25) is 0 Å². The van der Waals surface area contributed by atoms with E-state index in [-0.39, 0.29) is 5.54 Å². The zero-order valence-corrected chi connectivity index (χ0v) is 10.6. The quantitative estimate of drug-likeness (QED) is 0.786. The van der Waals surface area contributed by atoms with Crippen molar-refractivity contribution < 1.29 is 19.4 Å². The molecule has 2 aliphatic heterocycles. The molecular formula is C12H21NO4. The molecule has 2 heterocycles. The van der Waals surface area contributed by atoms with Crippen LogP contribution in [0.25, 0.3) is 0 Å². The molecule has 0 spiro atoms. The van der Waals surface area contributed by atoms with Crippen LogP contribution in [0.5, 0.6) is 0 Å². The average Bonchev–Trinajstić information content (AvgIpc) is 2.71. The SMILES string of the molecule is CC1(C)COCCN1CC1(C(=O)O)CCOC1. The smallest absolute Gasteiger partial charge is 0.313 e. The van der Waals surface area contributed by atoms with Crippen LogP contribution in [-0.4, -0.2) is 61.0 Å². The summed E-state index contributed by atoms with van der Waals surface area (Å²) in [5.41, 5.74) is -0.822. The molecule has 0 bridgehead atoms. The summed E-state index contributed by atoms with van der Waals surface area (Å²) in [5, 5.41) is 9.43. The Bertz CT molecular complexity index is 297. The van der Waals surface area contributed by atoms with Gasteiger partial charge in [-0.2, -0.15) is 0 Å². The van der Waals surface area contributed by atoms with Gasteiger partial charge >= 0.3 is 5.97 Å². The largest absolute Gasteiger partial charge is 0.481 e. The third kappa shape index (κ3) is 2.46. The van der Waals surface area contributed by atoms with Gasteiger partial charge in [0.1, 0.15) is 5.41 Å². The molecule has 5 heteroatoms. The molecule has 0 radical (unpaired) electrons. The number of nitrogens with zero attached hydrogens (tertiary/aromatic N) is 1. The van der Waals surface area contributed by atoms with Crippen molar-refractivity contribution in [3.8, 4) is 0 Å². The molecule has 1 atom stereocenters. The Balaban J connectivity index is 2.10. The van der Waals surface area contributed by atoms with Gasteiger partial charge in [0, 0.05) is 25.2 Å². The van der Waals surface area contributed by atoms with Crippen molar-refractivity contribution in [3.63, 3.8) is 0 Å². The number of hydrogen-bond donors (Lipinski definition) is 1. The highest BCUT2D eigenvalue weighted by Gasteiger charge is 2.46. The van der Waals surface area contributed by atoms with E-state index in [2.05, 4.69) is 18.7 Å². The normalized spacial score (nSPS) is 33.8. The van der Waals surface area contributed by atoms with Crippen molar-refractivity contribution in [3.05, 3.63) is 0 Å². The summed E-state index contributed by atoms with van der Waals surface area (Å²) in [6, 6.07) is 0. The van der Waals surface area contributed by atoms with Gasteiger partial charge in [-0.3, -0.25) is 9.69 Å². The van der Waals surface area contributed by atoms with Crippen molar-refractivity contribution >= 4 is 5.97 Å². The zero-order chi connectivity index (χ0) is 12.5. The lowest BCUT2D eigenvalue weighted by molar-refractivity contribution is -0.153. The summed E-state index contributed by atoms with van der Waals surface area (Å²) in [5.74, 6) is -0.739. The molecule has 2 saturated heterocycles. The van der Waals surface area contributed by atoms with Crippen LogP contribution in [0.15, 0.2) is 0 Å². The molecule has 0 amide bonds. The highest BCUT2D eigenvalue weighted by molar-refractivity contribution is 5.75. The van der Waals surface area contributed by atoms with Crippen molar-refractivity contribution in [2.45, 2.75) is 25.8 Å². The lowest BCUT2D eigenvalue weighted by Gasteiger charge is -2.45. The lowest BCUT2D eigenvalue weighted by Crippen LogP contribution is -2.57. The number of carboxylic acids is 1. The Hall–Kier alpha value is -0.650. The maximum Gasteiger partial charge on any atom is 0.313 e. The Labute approximate surface area is 102 Å². The molecule has 17 heavy (non-hydrogen) atoms. The first-order chi connectivity index (χ1) is 7.96. The second kappa shape index (κ2) is 4.55. The van der Waals surface area contributed by atoms with E-state index in [9.17, 15) is 9.90 Å². The van der Waals surface area contributed by atoms with Gasteiger partial charge in [-0.25, -0.2) is 0 Å². The minimum Gasteiger partial charge on any atom is -0.481 e. The Morgan fingerprint density at radius 2 is 2.00 bits per heavy atom. The van der Waals surface area contributed by atoms with E-state index < -0.39 is 11.4 Å². The topological polar surface area (TPSA) is 59.0 Å². The molecule has 98 valence electrons. The highest BCUT2D eigenvalue weighted by Crippen LogP contribution is 2.33. The highest BCUT2D eigenvalue weighted by atomic mass is 16.5. The van der Waals surface area contributed by atoms with E-state index in [1.54, 1.807) is 0 Å². The van der Waals surface area contributed by atoms with Crippen molar-refractivity contribution in [2.24, 2.45) is 5.41 Å². The van der Waals surface area contributed by atoms with E-state index in [1.165, 1.54) is 0 Å². The number of carboxylic acid groups (broad SMARTS) is 1. The molecule has 0 aromatic rings. The van der Waals surface area contributed by atoms with Crippen molar-refractivity contribution in [2.75, 3.05) is 39.5 Å². The predicted molar refractivity (Wildman–Crippen MR) is 62.0 cm³/mol. The molecule has 0 aliphatic carbocycles. The van der Waals surface area contributed by atoms with E-state index in [0.717, 1.165) is 6.54 Å². The molecule has 0 saturated carbocycles. The van der Waals surface area contributed by atoms with Crippen molar-refractivity contribution in [1.82, 2.24) is 4.90 Å². The number of morpholine rings is 1. The Kier molecular flexibility index (Phi) is 3.43. The van der Waals surface area contributed by atoms with Crippen LogP contribution in [0.3, 0.4) is 0 Å². The second-order valence-electron chi connectivity index (χ2n) is 5.67. The van der Waals surface area contributed by atoms with Gasteiger partial charge in [0.25, 0.3) is 0 Å². The fourth-order valence-corrected chi connectivity index (χ4v) is 2.52. The average molecular weight is 243 g/mol. The number of ether oxygens (including phenoxy) is 2. The van der Waals surface area contributed by atoms with Gasteiger partial charge in [-0.15, -0.1) is 0 Å². The van der Waals surface area contributed by atoms with Crippen LogP contribution in [0.1, 0.15) is 20.3 Å². The maximum absolute atomic E-state index is 11.5. The molecular weight excluding hydrogens is 222 g/mol. The van der Waals surface area contributed by atoms with E-state index in [4.69, 9.17) is 9.47 Å². The van der Waals surface area contributed by atoms with Crippen LogP contribution in [0, 0.1) is 5.41 Å². The fourth-order valence-electron chi connectivity index (χ4n) is 2.52. The summed E-state index contributed by atoms with van der Waals surface area (Å²) in [6.07, 6.45) is 0.607. The van der Waals surface area contributed by atoms with Gasteiger partial charge in [-0.1, -0.05) is 0 Å². The van der Waals surface area contributed by atoms with Crippen LogP contribution < -0.4 is 0 Å². The fraction of sp³-hybridized carbons (Fsp3) is 0.917. The summed E-state index contributed by atoms with van der Waals surface area (Å²) < 4.78 is 10.7. The monoisotopic (exact) mass is 243 g/mol. The van der Waals surface area contributed by atoms with Crippen LogP contribution in [0.4, 0.5) is 0 Å². The Morgan fingerprint density at radius 1 is 1.29 bits per heavy atom. The third-order valence-electron chi connectivity index (χ3n) is 3.87. The maximum atomic E-state index is 11.5. The molecule has 5 nitrogen and oxygen atoms in total. The predicted octanol–water partition coefficient (Wildman–Crippen LogP) is 0.589. The summed E-state index contributed by atoms with van der Waals surface area (Å²) >= 11 is 0. The lowest BCUT2D eigenvalue weighted by atomic mass is 9.85. The second-order valence-corrected chi connectivity index (χ2v) is 5.67. The molecule has 2 aliphatic rings. The van der Waals surface area contributed by atoms with Gasteiger partial charge in [0.05, 0.1) is 19.8 Å². The molecule has 2 rings (SSSR count). The number of carbonyl (C=O) groups is 1. The summed E-state index contributed by atoms with van der Waals surface area (Å²) in [7, 11) is 0. The summed E-state index contributed by atoms with van der Waals surface area (Å²) in [6.45, 7) is 7.76. The van der Waals surface area contributed by atoms with Crippen LogP contribution in [-0.2, 0) is 14.3 Å². The Morgan fingerprint density at radius 3 is 2.53 bits per heavy atom. The van der Waals surface area contributed by atoms with Gasteiger partial charge in [0.15, 0.2) is 0 Å². The zero-order valence-electron chi connectivity index (χ0n) is 10.6. The number of aliphatic carboxylic acids is 1. The molecule has 0 aromatic carbocycles. The minimum absolute atomic E-state index is 0.0940. The first-order valence-electron chi connectivity index (χ1n) is 6.10. The molecule has 0 aromatic heterocycles. The molecule has 1 unspecified atom stereocenters.